The van der Waals surface area contributed by atoms with Crippen molar-refractivity contribution >= 4 is 27.8 Å². The summed E-state index contributed by atoms with van der Waals surface area (Å²) in [4.78, 5) is 15.9. The van der Waals surface area contributed by atoms with Crippen molar-refractivity contribution in [3.63, 3.8) is 0 Å². The first-order valence-electron chi connectivity index (χ1n) is 7.85. The molecule has 0 aliphatic heterocycles. The average Bonchev–Trinajstić information content (AvgIpc) is 2.92. The van der Waals surface area contributed by atoms with Crippen molar-refractivity contribution < 1.29 is 9.90 Å². The Kier molecular flexibility index (Phi) is 3.50. The number of aliphatic carboxylic acids is 1. The van der Waals surface area contributed by atoms with Crippen LogP contribution in [0.3, 0.4) is 0 Å². The highest BCUT2D eigenvalue weighted by atomic mass is 16.4. The third-order valence-electron chi connectivity index (χ3n) is 4.26. The number of hydrogen-bond acceptors (Lipinski definition) is 2. The fourth-order valence-corrected chi connectivity index (χ4v) is 3.19. The van der Waals surface area contributed by atoms with Gasteiger partial charge >= 0.3 is 5.97 Å². The molecule has 1 N–H and O–H groups in total. The van der Waals surface area contributed by atoms with E-state index < -0.39 is 5.97 Å². The summed E-state index contributed by atoms with van der Waals surface area (Å²) in [6, 6.07) is 22.1. The lowest BCUT2D eigenvalue weighted by molar-refractivity contribution is -0.137. The Bertz CT molecular complexity index is 1040. The molecule has 0 radical (unpaired) electrons. The second-order valence-corrected chi connectivity index (χ2v) is 5.81. The van der Waals surface area contributed by atoms with Gasteiger partial charge in [-0.15, -0.1) is 0 Å². The molecule has 3 aromatic carbocycles. The first kappa shape index (κ1) is 14.5. The van der Waals surface area contributed by atoms with Crippen LogP contribution >= 0.6 is 0 Å². The molecule has 1 aromatic heterocycles. The van der Waals surface area contributed by atoms with Gasteiger partial charge in [0.15, 0.2) is 0 Å². The van der Waals surface area contributed by atoms with Crippen LogP contribution in [0.4, 0.5) is 0 Å². The average molecular weight is 316 g/mol. The minimum Gasteiger partial charge on any atom is -0.480 e. The minimum atomic E-state index is -0.864. The van der Waals surface area contributed by atoms with Crippen molar-refractivity contribution in [1.82, 2.24) is 9.55 Å². The van der Waals surface area contributed by atoms with Crippen LogP contribution in [-0.2, 0) is 17.8 Å². The molecular formula is C20H16N2O2. The second kappa shape index (κ2) is 5.81. The highest BCUT2D eigenvalue weighted by Gasteiger charge is 2.14. The van der Waals surface area contributed by atoms with Crippen molar-refractivity contribution in [2.45, 2.75) is 13.0 Å². The maximum Gasteiger partial charge on any atom is 0.323 e. The molecule has 0 atom stereocenters. The topological polar surface area (TPSA) is 55.1 Å². The van der Waals surface area contributed by atoms with Gasteiger partial charge in [0.1, 0.15) is 12.4 Å². The zero-order valence-electron chi connectivity index (χ0n) is 13.0. The smallest absolute Gasteiger partial charge is 0.323 e. The summed E-state index contributed by atoms with van der Waals surface area (Å²) in [7, 11) is 0. The lowest BCUT2D eigenvalue weighted by Gasteiger charge is -2.09. The van der Waals surface area contributed by atoms with E-state index in [0.29, 0.717) is 6.42 Å². The highest BCUT2D eigenvalue weighted by molar-refractivity contribution is 5.86. The van der Waals surface area contributed by atoms with E-state index in [1.54, 1.807) is 4.57 Å². The van der Waals surface area contributed by atoms with E-state index in [0.717, 1.165) is 22.4 Å². The SMILES string of the molecule is O=C(O)Cn1c(Cc2cccc3ccccc23)nc2ccccc21. The third kappa shape index (κ3) is 2.52. The van der Waals surface area contributed by atoms with Crippen molar-refractivity contribution in [2.24, 2.45) is 0 Å². The number of benzene rings is 3. The predicted molar refractivity (Wildman–Crippen MR) is 94.1 cm³/mol. The first-order chi connectivity index (χ1) is 11.7. The number of imidazole rings is 1. The van der Waals surface area contributed by atoms with Crippen LogP contribution in [0.15, 0.2) is 66.7 Å². The number of hydrogen-bond donors (Lipinski definition) is 1. The lowest BCUT2D eigenvalue weighted by Crippen LogP contribution is -2.12. The van der Waals surface area contributed by atoms with Gasteiger partial charge in [-0.2, -0.15) is 0 Å². The molecule has 0 aliphatic rings. The van der Waals surface area contributed by atoms with Crippen LogP contribution in [0.5, 0.6) is 0 Å². The normalized spacial score (nSPS) is 11.2. The van der Waals surface area contributed by atoms with Crippen LogP contribution in [0.2, 0.25) is 0 Å². The summed E-state index contributed by atoms with van der Waals surface area (Å²) in [6.07, 6.45) is 0.601. The zero-order valence-corrected chi connectivity index (χ0v) is 13.0. The number of carboxylic acid groups (broad SMARTS) is 1. The molecule has 1 heterocycles. The van der Waals surface area contributed by atoms with E-state index in [1.807, 2.05) is 42.5 Å². The van der Waals surface area contributed by atoms with E-state index >= 15 is 0 Å². The van der Waals surface area contributed by atoms with Gasteiger partial charge in [0.25, 0.3) is 0 Å². The van der Waals surface area contributed by atoms with E-state index in [-0.39, 0.29) is 6.54 Å². The van der Waals surface area contributed by atoms with E-state index in [2.05, 4.69) is 29.2 Å². The van der Waals surface area contributed by atoms with Gasteiger partial charge < -0.3 is 9.67 Å². The Morgan fingerprint density at radius 3 is 2.58 bits per heavy atom. The Balaban J connectivity index is 1.85. The number of para-hydroxylation sites is 2. The van der Waals surface area contributed by atoms with E-state index in [4.69, 9.17) is 0 Å². The Labute approximate surface area is 139 Å². The molecule has 118 valence electrons. The zero-order chi connectivity index (χ0) is 16.5. The fraction of sp³-hybridized carbons (Fsp3) is 0.100. The van der Waals surface area contributed by atoms with Gasteiger partial charge in [-0.3, -0.25) is 4.79 Å². The quantitative estimate of drug-likeness (QED) is 0.622. The highest BCUT2D eigenvalue weighted by Crippen LogP contribution is 2.23. The maximum atomic E-state index is 11.3. The molecule has 0 saturated heterocycles. The van der Waals surface area contributed by atoms with Gasteiger partial charge in [-0.25, -0.2) is 4.98 Å². The molecule has 0 unspecified atom stereocenters. The largest absolute Gasteiger partial charge is 0.480 e. The molecule has 0 bridgehead atoms. The van der Waals surface area contributed by atoms with E-state index in [9.17, 15) is 9.90 Å². The monoisotopic (exact) mass is 316 g/mol. The van der Waals surface area contributed by atoms with Crippen molar-refractivity contribution in [1.29, 1.82) is 0 Å². The minimum absolute atomic E-state index is 0.0827. The molecule has 4 heteroatoms. The molecule has 24 heavy (non-hydrogen) atoms. The predicted octanol–water partition coefficient (Wildman–Crippen LogP) is 3.86. The fourth-order valence-electron chi connectivity index (χ4n) is 3.19. The maximum absolute atomic E-state index is 11.3. The van der Waals surface area contributed by atoms with Crippen LogP contribution in [0.25, 0.3) is 21.8 Å². The number of fused-ring (bicyclic) bond motifs is 2. The third-order valence-corrected chi connectivity index (χ3v) is 4.26. The molecule has 0 aliphatic carbocycles. The molecule has 4 nitrogen and oxygen atoms in total. The van der Waals surface area contributed by atoms with Crippen molar-refractivity contribution in [3.8, 4) is 0 Å². The van der Waals surface area contributed by atoms with Crippen molar-refractivity contribution in [2.75, 3.05) is 0 Å². The summed E-state index contributed by atoms with van der Waals surface area (Å²) >= 11 is 0. The summed E-state index contributed by atoms with van der Waals surface area (Å²) in [6.45, 7) is -0.0827. The van der Waals surface area contributed by atoms with Crippen molar-refractivity contribution in [3.05, 3.63) is 78.1 Å². The number of carbonyl (C=O) groups is 1. The molecule has 4 rings (SSSR count). The van der Waals surface area contributed by atoms with Gasteiger partial charge in [-0.05, 0) is 28.5 Å². The second-order valence-electron chi connectivity index (χ2n) is 5.81. The van der Waals surface area contributed by atoms with Gasteiger partial charge in [-0.1, -0.05) is 54.6 Å². The number of aromatic nitrogens is 2. The molecule has 0 saturated carbocycles. The van der Waals surface area contributed by atoms with Crippen LogP contribution in [0.1, 0.15) is 11.4 Å². The van der Waals surface area contributed by atoms with Gasteiger partial charge in [0, 0.05) is 6.42 Å². The number of rotatable bonds is 4. The summed E-state index contributed by atoms with van der Waals surface area (Å²) in [5, 5.41) is 11.6. The van der Waals surface area contributed by atoms with Crippen LogP contribution in [-0.4, -0.2) is 20.6 Å². The summed E-state index contributed by atoms with van der Waals surface area (Å²) in [5.74, 6) is -0.0905. The van der Waals surface area contributed by atoms with E-state index in [1.165, 1.54) is 10.8 Å². The molecule has 0 amide bonds. The Morgan fingerprint density at radius 2 is 1.71 bits per heavy atom. The molecule has 4 aromatic rings. The molecule has 0 spiro atoms. The van der Waals surface area contributed by atoms with Gasteiger partial charge in [0.2, 0.25) is 0 Å². The number of carboxylic acids is 1. The molecule has 0 fully saturated rings. The first-order valence-corrected chi connectivity index (χ1v) is 7.85. The summed E-state index contributed by atoms with van der Waals surface area (Å²) < 4.78 is 1.79. The van der Waals surface area contributed by atoms with Crippen LogP contribution < -0.4 is 0 Å². The summed E-state index contributed by atoms with van der Waals surface area (Å²) in [5.41, 5.74) is 2.83. The Hall–Kier alpha value is -3.14. The molecular weight excluding hydrogens is 300 g/mol. The number of nitrogens with zero attached hydrogens (tertiary/aromatic N) is 2. The standard InChI is InChI=1S/C20H16N2O2/c23-20(24)13-22-18-11-4-3-10-17(18)21-19(22)12-15-8-5-7-14-6-1-2-9-16(14)15/h1-11H,12-13H2,(H,23,24). The van der Waals surface area contributed by atoms with Crippen LogP contribution in [0, 0.1) is 0 Å². The van der Waals surface area contributed by atoms with Gasteiger partial charge in [0.05, 0.1) is 11.0 Å². The Morgan fingerprint density at radius 1 is 0.958 bits per heavy atom. The lowest BCUT2D eigenvalue weighted by atomic mass is 10.0.